The van der Waals surface area contributed by atoms with Crippen LogP contribution in [-0.2, 0) is 9.53 Å². The second-order valence-corrected chi connectivity index (χ2v) is 8.62. The fourth-order valence-corrected chi connectivity index (χ4v) is 4.49. The fraction of sp³-hybridized carbons (Fsp3) is 0.480. The summed E-state index contributed by atoms with van der Waals surface area (Å²) in [5.41, 5.74) is 3.90. The number of nitrogens with one attached hydrogen (secondary N) is 3. The van der Waals surface area contributed by atoms with E-state index >= 15 is 0 Å². The number of nitrogens with zero attached hydrogens (tertiary/aromatic N) is 4. The Morgan fingerprint density at radius 3 is 3.03 bits per heavy atom. The van der Waals surface area contributed by atoms with Crippen molar-refractivity contribution in [3.05, 3.63) is 53.6 Å². The standard InChI is InChI=1S/C25H35N7O2/c1-4-23(33)30-21-15-20(31-9-5-12-34-13-11-31)14-18(2)24(21)28-17-29-25-19(16-26-3)6-7-22-27-8-10-32(22)25/h6-8,10,14-16,18,24,28-29H,4-5,9,11-13,17H2,1-3H3,(H,30,33). The van der Waals surface area contributed by atoms with Crippen molar-refractivity contribution in [3.63, 3.8) is 0 Å². The first kappa shape index (κ1) is 24.0. The van der Waals surface area contributed by atoms with Gasteiger partial charge in [-0.2, -0.15) is 0 Å². The highest BCUT2D eigenvalue weighted by atomic mass is 16.5. The topological polar surface area (TPSA) is 95.3 Å². The van der Waals surface area contributed by atoms with Gasteiger partial charge < -0.3 is 20.3 Å². The fourth-order valence-electron chi connectivity index (χ4n) is 4.49. The van der Waals surface area contributed by atoms with E-state index in [1.54, 1.807) is 13.2 Å². The number of allylic oxidation sites excluding steroid dienone is 1. The highest BCUT2D eigenvalue weighted by molar-refractivity contribution is 5.87. The maximum Gasteiger partial charge on any atom is 0.223 e. The van der Waals surface area contributed by atoms with E-state index in [4.69, 9.17) is 4.74 Å². The summed E-state index contributed by atoms with van der Waals surface area (Å²) in [7, 11) is 1.76. The molecule has 2 aromatic heterocycles. The number of fused-ring (bicyclic) bond motifs is 1. The highest BCUT2D eigenvalue weighted by Gasteiger charge is 2.27. The van der Waals surface area contributed by atoms with Gasteiger partial charge in [-0.3, -0.25) is 19.5 Å². The van der Waals surface area contributed by atoms with E-state index in [1.165, 1.54) is 0 Å². The van der Waals surface area contributed by atoms with Crippen LogP contribution < -0.4 is 16.0 Å². The normalized spacial score (nSPS) is 21.3. The molecule has 1 amide bonds. The van der Waals surface area contributed by atoms with Gasteiger partial charge in [-0.1, -0.05) is 19.9 Å². The number of hydrogen-bond donors (Lipinski definition) is 3. The molecule has 3 heterocycles. The number of carbonyl (C=O) groups excluding carboxylic acids is 1. The summed E-state index contributed by atoms with van der Waals surface area (Å²) in [5.74, 6) is 1.13. The summed E-state index contributed by atoms with van der Waals surface area (Å²) in [4.78, 5) is 23.2. The lowest BCUT2D eigenvalue weighted by Crippen LogP contribution is -2.46. The number of ether oxygens (including phenoxy) is 1. The number of aromatic nitrogens is 2. The smallest absolute Gasteiger partial charge is 0.223 e. The molecule has 3 N–H and O–H groups in total. The van der Waals surface area contributed by atoms with Crippen molar-refractivity contribution in [2.45, 2.75) is 32.7 Å². The number of carbonyl (C=O) groups is 1. The summed E-state index contributed by atoms with van der Waals surface area (Å²) in [6, 6.07) is 3.95. The van der Waals surface area contributed by atoms with E-state index < -0.39 is 0 Å². The number of pyridine rings is 1. The van der Waals surface area contributed by atoms with Crippen molar-refractivity contribution in [2.75, 3.05) is 45.3 Å². The van der Waals surface area contributed by atoms with Gasteiger partial charge >= 0.3 is 0 Å². The first-order chi connectivity index (χ1) is 16.6. The average molecular weight is 466 g/mol. The maximum absolute atomic E-state index is 12.3. The lowest BCUT2D eigenvalue weighted by molar-refractivity contribution is -0.120. The summed E-state index contributed by atoms with van der Waals surface area (Å²) < 4.78 is 7.64. The van der Waals surface area contributed by atoms with Crippen LogP contribution in [-0.4, -0.2) is 72.5 Å². The van der Waals surface area contributed by atoms with Crippen LogP contribution in [0.3, 0.4) is 0 Å². The van der Waals surface area contributed by atoms with Crippen LogP contribution in [0.15, 0.2) is 53.1 Å². The molecule has 182 valence electrons. The zero-order valence-electron chi connectivity index (χ0n) is 20.3. The zero-order valence-corrected chi connectivity index (χ0v) is 20.3. The largest absolute Gasteiger partial charge is 0.380 e. The number of anilines is 1. The predicted octanol–water partition coefficient (Wildman–Crippen LogP) is 2.38. The number of aliphatic imine (C=N–C) groups is 1. The lowest BCUT2D eigenvalue weighted by atomic mass is 9.91. The Morgan fingerprint density at radius 1 is 1.32 bits per heavy atom. The Balaban J connectivity index is 1.51. The Labute approximate surface area is 201 Å². The van der Waals surface area contributed by atoms with Gasteiger partial charge in [-0.25, -0.2) is 4.98 Å². The molecule has 1 saturated heterocycles. The molecular weight excluding hydrogens is 430 g/mol. The van der Waals surface area contributed by atoms with Gasteiger partial charge in [0, 0.05) is 68.7 Å². The molecule has 34 heavy (non-hydrogen) atoms. The Morgan fingerprint density at radius 2 is 2.21 bits per heavy atom. The third-order valence-electron chi connectivity index (χ3n) is 6.23. The second kappa shape index (κ2) is 11.3. The Hall–Kier alpha value is -3.17. The van der Waals surface area contributed by atoms with Crippen LogP contribution in [0, 0.1) is 5.92 Å². The van der Waals surface area contributed by atoms with E-state index in [0.29, 0.717) is 13.1 Å². The summed E-state index contributed by atoms with van der Waals surface area (Å²) >= 11 is 0. The van der Waals surface area contributed by atoms with Crippen molar-refractivity contribution in [1.82, 2.24) is 24.9 Å². The van der Waals surface area contributed by atoms with E-state index in [1.807, 2.05) is 35.9 Å². The second-order valence-electron chi connectivity index (χ2n) is 8.62. The van der Waals surface area contributed by atoms with E-state index in [9.17, 15) is 4.79 Å². The van der Waals surface area contributed by atoms with Crippen molar-refractivity contribution in [2.24, 2.45) is 10.9 Å². The van der Waals surface area contributed by atoms with Crippen molar-refractivity contribution in [3.8, 4) is 0 Å². The number of amides is 1. The zero-order chi connectivity index (χ0) is 23.9. The molecule has 9 heteroatoms. The van der Waals surface area contributed by atoms with Crippen LogP contribution in [0.25, 0.3) is 5.65 Å². The Kier molecular flexibility index (Phi) is 7.97. The molecule has 2 aromatic rings. The molecule has 1 fully saturated rings. The molecule has 0 saturated carbocycles. The van der Waals surface area contributed by atoms with Crippen LogP contribution in [0.4, 0.5) is 5.82 Å². The third-order valence-corrected chi connectivity index (χ3v) is 6.23. The molecule has 1 aliphatic heterocycles. The molecule has 4 rings (SSSR count). The van der Waals surface area contributed by atoms with Gasteiger partial charge in [0.2, 0.25) is 5.91 Å². The monoisotopic (exact) mass is 465 g/mol. The summed E-state index contributed by atoms with van der Waals surface area (Å²) in [6.07, 6.45) is 11.4. The number of rotatable bonds is 8. The number of imidazole rings is 1. The molecule has 0 radical (unpaired) electrons. The summed E-state index contributed by atoms with van der Waals surface area (Å²) in [6.45, 7) is 7.91. The minimum absolute atomic E-state index is 0.0169. The molecular formula is C25H35N7O2. The van der Waals surface area contributed by atoms with E-state index in [0.717, 1.165) is 61.1 Å². The lowest BCUT2D eigenvalue weighted by Gasteiger charge is -2.34. The predicted molar refractivity (Wildman–Crippen MR) is 135 cm³/mol. The SMILES string of the molecule is CCC(=O)NC1=CC(N2CCCOCC2)=CC(C)C1NCNc1c(C=NC)ccc2nccn12. The number of hydrogen-bond acceptors (Lipinski definition) is 7. The minimum atomic E-state index is -0.0275. The van der Waals surface area contributed by atoms with Crippen LogP contribution in [0.1, 0.15) is 32.3 Å². The van der Waals surface area contributed by atoms with E-state index in [2.05, 4.69) is 49.9 Å². The molecule has 0 spiro atoms. The molecule has 1 aliphatic carbocycles. The van der Waals surface area contributed by atoms with Crippen LogP contribution >= 0.6 is 0 Å². The van der Waals surface area contributed by atoms with Crippen LogP contribution in [0.2, 0.25) is 0 Å². The molecule has 0 bridgehead atoms. The summed E-state index contributed by atoms with van der Waals surface area (Å²) in [5, 5.41) is 10.2. The van der Waals surface area contributed by atoms with Crippen molar-refractivity contribution < 1.29 is 9.53 Å². The van der Waals surface area contributed by atoms with Gasteiger partial charge in [0.05, 0.1) is 19.3 Å². The molecule has 2 unspecified atom stereocenters. The minimum Gasteiger partial charge on any atom is -0.380 e. The molecule has 2 aliphatic rings. The quantitative estimate of drug-likeness (QED) is 0.409. The first-order valence-electron chi connectivity index (χ1n) is 12.0. The van der Waals surface area contributed by atoms with Gasteiger partial charge in [-0.15, -0.1) is 0 Å². The van der Waals surface area contributed by atoms with Crippen molar-refractivity contribution >= 4 is 23.6 Å². The average Bonchev–Trinajstić information content (AvgIpc) is 3.14. The first-order valence-corrected chi connectivity index (χ1v) is 12.0. The molecule has 9 nitrogen and oxygen atoms in total. The molecule has 2 atom stereocenters. The third kappa shape index (κ3) is 5.48. The highest BCUT2D eigenvalue weighted by Crippen LogP contribution is 2.25. The van der Waals surface area contributed by atoms with Crippen LogP contribution in [0.5, 0.6) is 0 Å². The maximum atomic E-state index is 12.3. The van der Waals surface area contributed by atoms with Gasteiger partial charge in [0.25, 0.3) is 0 Å². The van der Waals surface area contributed by atoms with E-state index in [-0.39, 0.29) is 17.9 Å². The molecule has 0 aromatic carbocycles. The van der Waals surface area contributed by atoms with Gasteiger partial charge in [-0.05, 0) is 30.5 Å². The Bertz CT molecular complexity index is 1080. The van der Waals surface area contributed by atoms with Crippen molar-refractivity contribution in [1.29, 1.82) is 0 Å². The van der Waals surface area contributed by atoms with Gasteiger partial charge in [0.15, 0.2) is 0 Å². The van der Waals surface area contributed by atoms with Gasteiger partial charge in [0.1, 0.15) is 11.5 Å².